The molecule has 0 amide bonds. The van der Waals surface area contributed by atoms with Gasteiger partial charge >= 0.3 is 0 Å². The van der Waals surface area contributed by atoms with E-state index in [4.69, 9.17) is 11.6 Å². The zero-order chi connectivity index (χ0) is 8.43. The van der Waals surface area contributed by atoms with Crippen LogP contribution in [0.4, 0.5) is 0 Å². The maximum absolute atomic E-state index is 5.90. The lowest BCUT2D eigenvalue weighted by Crippen LogP contribution is -1.89. The van der Waals surface area contributed by atoms with Crippen LogP contribution in [0.25, 0.3) is 0 Å². The van der Waals surface area contributed by atoms with E-state index in [1.54, 1.807) is 0 Å². The number of halogens is 2. The molecule has 1 rings (SSSR count). The number of hydrogen-bond donors (Lipinski definition) is 0. The van der Waals surface area contributed by atoms with Gasteiger partial charge in [-0.2, -0.15) is 0 Å². The van der Waals surface area contributed by atoms with Gasteiger partial charge in [-0.15, -0.1) is 0 Å². The predicted molar refractivity (Wildman–Crippen MR) is 58.3 cm³/mol. The summed E-state index contributed by atoms with van der Waals surface area (Å²) in [4.78, 5) is 0. The van der Waals surface area contributed by atoms with Crippen molar-refractivity contribution in [2.24, 2.45) is 0 Å². The highest BCUT2D eigenvalue weighted by Gasteiger charge is 2.01. The third-order valence-corrected chi connectivity index (χ3v) is 3.44. The highest BCUT2D eigenvalue weighted by Crippen LogP contribution is 2.22. The molecule has 0 saturated carbocycles. The van der Waals surface area contributed by atoms with Crippen molar-refractivity contribution in [2.45, 2.75) is 20.3 Å². The molecule has 0 aromatic heterocycles. The van der Waals surface area contributed by atoms with Gasteiger partial charge < -0.3 is 0 Å². The largest absolute Gasteiger partial charge is 0.0843 e. The summed E-state index contributed by atoms with van der Waals surface area (Å²) < 4.78 is 1.34. The second-order valence-corrected chi connectivity index (χ2v) is 4.06. The Morgan fingerprint density at radius 2 is 2.09 bits per heavy atom. The Balaban J connectivity index is 3.24. The van der Waals surface area contributed by atoms with Crippen molar-refractivity contribution in [3.63, 3.8) is 0 Å². The Morgan fingerprint density at radius 1 is 1.45 bits per heavy atom. The van der Waals surface area contributed by atoms with Gasteiger partial charge in [-0.25, -0.2) is 0 Å². The van der Waals surface area contributed by atoms with E-state index in [0.717, 1.165) is 11.4 Å². The average Bonchev–Trinajstić information content (AvgIpc) is 1.96. The van der Waals surface area contributed by atoms with Gasteiger partial charge in [-0.05, 0) is 59.2 Å². The quantitative estimate of drug-likeness (QED) is 0.686. The van der Waals surface area contributed by atoms with Gasteiger partial charge in [0.1, 0.15) is 0 Å². The van der Waals surface area contributed by atoms with Crippen LogP contribution < -0.4 is 0 Å². The van der Waals surface area contributed by atoms with Crippen LogP contribution in [0.1, 0.15) is 18.1 Å². The first kappa shape index (κ1) is 9.33. The molecule has 0 radical (unpaired) electrons. The normalized spacial score (nSPS) is 10.2. The maximum Gasteiger partial charge on any atom is 0.0412 e. The van der Waals surface area contributed by atoms with E-state index in [2.05, 4.69) is 36.4 Å². The first-order valence-corrected chi connectivity index (χ1v) is 5.05. The summed E-state index contributed by atoms with van der Waals surface area (Å²) >= 11 is 8.26. The molecule has 0 bridgehead atoms. The molecule has 0 spiro atoms. The molecular weight excluding hydrogens is 270 g/mol. The lowest BCUT2D eigenvalue weighted by Gasteiger charge is -2.04. The summed E-state index contributed by atoms with van der Waals surface area (Å²) in [6, 6.07) is 4.04. The number of rotatable bonds is 1. The minimum Gasteiger partial charge on any atom is -0.0843 e. The molecule has 11 heavy (non-hydrogen) atoms. The Labute approximate surface area is 86.1 Å². The third kappa shape index (κ3) is 2.09. The van der Waals surface area contributed by atoms with Gasteiger partial charge in [0.15, 0.2) is 0 Å². The second kappa shape index (κ2) is 3.76. The summed E-state index contributed by atoms with van der Waals surface area (Å²) in [7, 11) is 0. The fourth-order valence-corrected chi connectivity index (χ4v) is 2.04. The minimum atomic E-state index is 0.847. The van der Waals surface area contributed by atoms with Gasteiger partial charge in [0, 0.05) is 8.59 Å². The van der Waals surface area contributed by atoms with Crippen LogP contribution in [0, 0.1) is 10.5 Å². The number of aryl methyl sites for hydroxylation is 2. The van der Waals surface area contributed by atoms with Crippen LogP contribution in [-0.2, 0) is 6.42 Å². The van der Waals surface area contributed by atoms with Crippen LogP contribution in [0.3, 0.4) is 0 Å². The molecule has 2 heteroatoms. The molecule has 0 atom stereocenters. The molecule has 0 heterocycles. The Bertz CT molecular complexity index is 269. The van der Waals surface area contributed by atoms with Crippen LogP contribution in [0.15, 0.2) is 12.1 Å². The van der Waals surface area contributed by atoms with E-state index >= 15 is 0 Å². The van der Waals surface area contributed by atoms with Crippen LogP contribution in [-0.4, -0.2) is 0 Å². The topological polar surface area (TPSA) is 0 Å². The molecule has 1 aromatic rings. The third-order valence-electron chi connectivity index (χ3n) is 1.68. The summed E-state index contributed by atoms with van der Waals surface area (Å²) in [6.45, 7) is 4.24. The molecule has 0 aliphatic carbocycles. The SMILES string of the molecule is CCc1cc(Cl)cc(C)c1I. The molecule has 0 saturated heterocycles. The number of benzene rings is 1. The van der Waals surface area contributed by atoms with Gasteiger partial charge in [-0.1, -0.05) is 18.5 Å². The molecule has 0 aliphatic heterocycles. The standard InChI is InChI=1S/C9H10ClI/c1-3-7-5-8(10)4-6(2)9(7)11/h4-5H,3H2,1-2H3. The number of hydrogen-bond acceptors (Lipinski definition) is 0. The zero-order valence-corrected chi connectivity index (χ0v) is 9.53. The fourth-order valence-electron chi connectivity index (χ4n) is 1.05. The molecule has 0 nitrogen and oxygen atoms in total. The van der Waals surface area contributed by atoms with Crippen molar-refractivity contribution < 1.29 is 0 Å². The average molecular weight is 281 g/mol. The molecule has 1 aromatic carbocycles. The highest BCUT2D eigenvalue weighted by atomic mass is 127. The Morgan fingerprint density at radius 3 is 2.64 bits per heavy atom. The molecule has 0 fully saturated rings. The van der Waals surface area contributed by atoms with Crippen molar-refractivity contribution >= 4 is 34.2 Å². The molecular formula is C9H10ClI. The van der Waals surface area contributed by atoms with Gasteiger partial charge in [0.2, 0.25) is 0 Å². The van der Waals surface area contributed by atoms with Gasteiger partial charge in [0.05, 0.1) is 0 Å². The summed E-state index contributed by atoms with van der Waals surface area (Å²) in [5.41, 5.74) is 2.62. The molecule has 0 aliphatic rings. The van der Waals surface area contributed by atoms with E-state index in [1.807, 2.05) is 12.1 Å². The summed E-state index contributed by atoms with van der Waals surface area (Å²) in [6.07, 6.45) is 1.06. The van der Waals surface area contributed by atoms with Crippen molar-refractivity contribution in [3.8, 4) is 0 Å². The fraction of sp³-hybridized carbons (Fsp3) is 0.333. The van der Waals surface area contributed by atoms with E-state index in [0.29, 0.717) is 0 Å². The second-order valence-electron chi connectivity index (χ2n) is 2.55. The molecule has 0 N–H and O–H groups in total. The predicted octanol–water partition coefficient (Wildman–Crippen LogP) is 3.82. The van der Waals surface area contributed by atoms with E-state index < -0.39 is 0 Å². The molecule has 0 unspecified atom stereocenters. The van der Waals surface area contributed by atoms with E-state index in [9.17, 15) is 0 Å². The maximum atomic E-state index is 5.90. The Kier molecular flexibility index (Phi) is 3.19. The van der Waals surface area contributed by atoms with E-state index in [-0.39, 0.29) is 0 Å². The summed E-state index contributed by atoms with van der Waals surface area (Å²) in [5, 5.41) is 0.847. The molecule has 60 valence electrons. The van der Waals surface area contributed by atoms with Crippen molar-refractivity contribution in [1.29, 1.82) is 0 Å². The summed E-state index contributed by atoms with van der Waals surface area (Å²) in [5.74, 6) is 0. The Hall–Kier alpha value is 0.240. The first-order valence-electron chi connectivity index (χ1n) is 3.59. The van der Waals surface area contributed by atoms with Crippen LogP contribution in [0.2, 0.25) is 5.02 Å². The zero-order valence-electron chi connectivity index (χ0n) is 6.62. The minimum absolute atomic E-state index is 0.847. The van der Waals surface area contributed by atoms with Crippen LogP contribution in [0.5, 0.6) is 0 Å². The first-order chi connectivity index (χ1) is 5.15. The lowest BCUT2D eigenvalue weighted by molar-refractivity contribution is 1.11. The van der Waals surface area contributed by atoms with Gasteiger partial charge in [0.25, 0.3) is 0 Å². The van der Waals surface area contributed by atoms with Gasteiger partial charge in [-0.3, -0.25) is 0 Å². The van der Waals surface area contributed by atoms with Crippen molar-refractivity contribution in [1.82, 2.24) is 0 Å². The highest BCUT2D eigenvalue weighted by molar-refractivity contribution is 14.1. The monoisotopic (exact) mass is 280 g/mol. The van der Waals surface area contributed by atoms with Crippen LogP contribution >= 0.6 is 34.2 Å². The van der Waals surface area contributed by atoms with Crippen molar-refractivity contribution in [2.75, 3.05) is 0 Å². The lowest BCUT2D eigenvalue weighted by atomic mass is 10.1. The smallest absolute Gasteiger partial charge is 0.0412 e. The van der Waals surface area contributed by atoms with E-state index in [1.165, 1.54) is 14.7 Å². The van der Waals surface area contributed by atoms with Crippen molar-refractivity contribution in [3.05, 3.63) is 31.9 Å².